The maximum atomic E-state index is 13.5. The Morgan fingerprint density at radius 3 is 2.62 bits per heavy atom. The number of anilines is 1. The summed E-state index contributed by atoms with van der Waals surface area (Å²) >= 11 is 1.24. The van der Waals surface area contributed by atoms with E-state index in [0.29, 0.717) is 10.8 Å². The molecule has 0 unspecified atom stereocenters. The van der Waals surface area contributed by atoms with Crippen LogP contribution in [-0.4, -0.2) is 16.8 Å². The molecule has 1 fully saturated rings. The highest BCUT2D eigenvalue weighted by Gasteiger charge is 2.30. The predicted molar refractivity (Wildman–Crippen MR) is 85.4 cm³/mol. The van der Waals surface area contributed by atoms with E-state index in [2.05, 4.69) is 15.6 Å². The third-order valence-electron chi connectivity index (χ3n) is 3.60. The molecular formula is C16H15F2N3O2S. The van der Waals surface area contributed by atoms with Crippen LogP contribution in [0.15, 0.2) is 23.6 Å². The highest BCUT2D eigenvalue weighted by molar-refractivity contribution is 7.13. The second kappa shape index (κ2) is 7.04. The number of nitrogens with zero attached hydrogens (tertiary/aromatic N) is 1. The van der Waals surface area contributed by atoms with Gasteiger partial charge in [-0.2, -0.15) is 0 Å². The maximum absolute atomic E-state index is 13.5. The molecule has 0 saturated heterocycles. The van der Waals surface area contributed by atoms with Gasteiger partial charge in [-0.05, 0) is 25.0 Å². The first-order chi connectivity index (χ1) is 11.5. The van der Waals surface area contributed by atoms with Gasteiger partial charge >= 0.3 is 0 Å². The second-order valence-corrected chi connectivity index (χ2v) is 6.42. The summed E-state index contributed by atoms with van der Waals surface area (Å²) < 4.78 is 27.0. The minimum Gasteiger partial charge on any atom is -0.351 e. The van der Waals surface area contributed by atoms with E-state index in [0.717, 1.165) is 25.0 Å². The molecule has 1 aromatic heterocycles. The predicted octanol–water partition coefficient (Wildman–Crippen LogP) is 2.63. The van der Waals surface area contributed by atoms with E-state index in [4.69, 9.17) is 0 Å². The Hall–Kier alpha value is -2.35. The van der Waals surface area contributed by atoms with Gasteiger partial charge in [0, 0.05) is 23.4 Å². The van der Waals surface area contributed by atoms with Crippen molar-refractivity contribution in [1.82, 2.24) is 10.3 Å². The number of rotatable bonds is 6. The molecule has 1 aliphatic rings. The smallest absolute Gasteiger partial charge is 0.229 e. The minimum atomic E-state index is -0.700. The Morgan fingerprint density at radius 1 is 1.25 bits per heavy atom. The largest absolute Gasteiger partial charge is 0.351 e. The van der Waals surface area contributed by atoms with Crippen molar-refractivity contribution in [3.63, 3.8) is 0 Å². The summed E-state index contributed by atoms with van der Waals surface area (Å²) in [5.41, 5.74) is 0.319. The lowest BCUT2D eigenvalue weighted by atomic mass is 10.2. The number of nitrogens with one attached hydrogen (secondary N) is 2. The van der Waals surface area contributed by atoms with Gasteiger partial charge in [-0.15, -0.1) is 11.3 Å². The van der Waals surface area contributed by atoms with E-state index in [9.17, 15) is 18.4 Å². The SMILES string of the molecule is O=C(Cc1csc(NC(=O)C2CC2)n1)NCc1c(F)cccc1F. The molecule has 0 aliphatic heterocycles. The Balaban J connectivity index is 1.51. The van der Waals surface area contributed by atoms with Crippen LogP contribution in [-0.2, 0) is 22.6 Å². The molecule has 0 spiro atoms. The molecular weight excluding hydrogens is 336 g/mol. The number of hydrogen-bond donors (Lipinski definition) is 2. The average Bonchev–Trinajstić information content (AvgIpc) is 3.30. The Kier molecular flexibility index (Phi) is 4.84. The standard InChI is InChI=1S/C16H15F2N3O2S/c17-12-2-1-3-13(18)11(12)7-19-14(22)6-10-8-24-16(20-10)21-15(23)9-4-5-9/h1-3,8-9H,4-7H2,(H,19,22)(H,20,21,23). The number of thiazole rings is 1. The van der Waals surface area contributed by atoms with Gasteiger partial charge in [-0.25, -0.2) is 13.8 Å². The molecule has 126 valence electrons. The lowest BCUT2D eigenvalue weighted by Gasteiger charge is -2.06. The minimum absolute atomic E-state index is 0.0220. The van der Waals surface area contributed by atoms with Gasteiger partial charge in [0.2, 0.25) is 11.8 Å². The normalized spacial score (nSPS) is 13.6. The maximum Gasteiger partial charge on any atom is 0.229 e. The first kappa shape index (κ1) is 16.5. The quantitative estimate of drug-likeness (QED) is 0.840. The van der Waals surface area contributed by atoms with Gasteiger partial charge in [-0.3, -0.25) is 9.59 Å². The number of hydrogen-bond acceptors (Lipinski definition) is 4. The van der Waals surface area contributed by atoms with Crippen LogP contribution in [0.2, 0.25) is 0 Å². The molecule has 0 atom stereocenters. The third-order valence-corrected chi connectivity index (χ3v) is 4.40. The molecule has 3 rings (SSSR count). The van der Waals surface area contributed by atoms with Crippen LogP contribution < -0.4 is 10.6 Å². The third kappa shape index (κ3) is 4.14. The summed E-state index contributed by atoms with van der Waals surface area (Å²) in [4.78, 5) is 27.7. The lowest BCUT2D eigenvalue weighted by molar-refractivity contribution is -0.120. The number of halogens is 2. The molecule has 1 aromatic carbocycles. The van der Waals surface area contributed by atoms with Gasteiger partial charge in [0.25, 0.3) is 0 Å². The molecule has 1 aliphatic carbocycles. The Morgan fingerprint density at radius 2 is 1.96 bits per heavy atom. The average molecular weight is 351 g/mol. The van der Waals surface area contributed by atoms with Crippen LogP contribution in [0.3, 0.4) is 0 Å². The van der Waals surface area contributed by atoms with Crippen molar-refractivity contribution >= 4 is 28.3 Å². The van der Waals surface area contributed by atoms with E-state index in [1.807, 2.05) is 0 Å². The monoisotopic (exact) mass is 351 g/mol. The first-order valence-electron chi connectivity index (χ1n) is 7.48. The molecule has 5 nitrogen and oxygen atoms in total. The summed E-state index contributed by atoms with van der Waals surface area (Å²) in [6.07, 6.45) is 1.78. The Bertz CT molecular complexity index is 754. The van der Waals surface area contributed by atoms with Gasteiger partial charge in [-0.1, -0.05) is 6.07 Å². The zero-order valence-electron chi connectivity index (χ0n) is 12.6. The number of benzene rings is 1. The fraction of sp³-hybridized carbons (Fsp3) is 0.312. The first-order valence-corrected chi connectivity index (χ1v) is 8.35. The van der Waals surface area contributed by atoms with E-state index in [1.54, 1.807) is 5.38 Å². The number of amides is 2. The number of carbonyl (C=O) groups excluding carboxylic acids is 2. The van der Waals surface area contributed by atoms with Crippen LogP contribution in [0, 0.1) is 17.6 Å². The van der Waals surface area contributed by atoms with Gasteiger partial charge in [0.05, 0.1) is 12.1 Å². The van der Waals surface area contributed by atoms with Crippen molar-refractivity contribution in [1.29, 1.82) is 0 Å². The number of aromatic nitrogens is 1. The number of carbonyl (C=O) groups is 2. The van der Waals surface area contributed by atoms with Crippen molar-refractivity contribution in [3.8, 4) is 0 Å². The summed E-state index contributed by atoms with van der Waals surface area (Å²) in [6.45, 7) is -0.229. The Labute approximate surface area is 141 Å². The van der Waals surface area contributed by atoms with E-state index in [-0.39, 0.29) is 30.4 Å². The van der Waals surface area contributed by atoms with Crippen molar-refractivity contribution in [2.24, 2.45) is 5.92 Å². The summed E-state index contributed by atoms with van der Waals surface area (Å²) in [5.74, 6) is -1.77. The van der Waals surface area contributed by atoms with Crippen LogP contribution in [0.5, 0.6) is 0 Å². The molecule has 8 heteroatoms. The van der Waals surface area contributed by atoms with Gasteiger partial charge < -0.3 is 10.6 Å². The second-order valence-electron chi connectivity index (χ2n) is 5.56. The van der Waals surface area contributed by atoms with E-state index < -0.39 is 17.5 Å². The van der Waals surface area contributed by atoms with Crippen LogP contribution in [0.4, 0.5) is 13.9 Å². The molecule has 2 aromatic rings. The molecule has 2 N–H and O–H groups in total. The fourth-order valence-electron chi connectivity index (χ4n) is 2.11. The molecule has 0 radical (unpaired) electrons. The van der Waals surface area contributed by atoms with Crippen molar-refractivity contribution in [3.05, 3.63) is 46.5 Å². The van der Waals surface area contributed by atoms with Crippen LogP contribution in [0.25, 0.3) is 0 Å². The van der Waals surface area contributed by atoms with Gasteiger partial charge in [0.1, 0.15) is 11.6 Å². The van der Waals surface area contributed by atoms with Gasteiger partial charge in [0.15, 0.2) is 5.13 Å². The zero-order valence-corrected chi connectivity index (χ0v) is 13.5. The lowest BCUT2D eigenvalue weighted by Crippen LogP contribution is -2.25. The molecule has 1 heterocycles. The molecule has 24 heavy (non-hydrogen) atoms. The van der Waals surface area contributed by atoms with E-state index >= 15 is 0 Å². The fourth-order valence-corrected chi connectivity index (χ4v) is 2.83. The zero-order chi connectivity index (χ0) is 17.1. The van der Waals surface area contributed by atoms with Crippen molar-refractivity contribution in [2.75, 3.05) is 5.32 Å². The molecule has 1 saturated carbocycles. The summed E-state index contributed by atoms with van der Waals surface area (Å²) in [7, 11) is 0. The summed E-state index contributed by atoms with van der Waals surface area (Å²) in [5, 5.41) is 7.30. The topological polar surface area (TPSA) is 71.1 Å². The highest BCUT2D eigenvalue weighted by Crippen LogP contribution is 2.30. The molecule has 0 bridgehead atoms. The summed E-state index contributed by atoms with van der Waals surface area (Å²) in [6, 6.07) is 3.54. The van der Waals surface area contributed by atoms with E-state index in [1.165, 1.54) is 17.4 Å². The molecule has 2 amide bonds. The highest BCUT2D eigenvalue weighted by atomic mass is 32.1. The van der Waals surface area contributed by atoms with Crippen molar-refractivity contribution < 1.29 is 18.4 Å². The van der Waals surface area contributed by atoms with Crippen molar-refractivity contribution in [2.45, 2.75) is 25.8 Å². The van der Waals surface area contributed by atoms with Crippen LogP contribution >= 0.6 is 11.3 Å². The van der Waals surface area contributed by atoms with Crippen LogP contribution in [0.1, 0.15) is 24.1 Å².